The summed E-state index contributed by atoms with van der Waals surface area (Å²) in [4.78, 5) is 12.0. The van der Waals surface area contributed by atoms with Gasteiger partial charge in [0.05, 0.1) is 10.6 Å². The Balaban J connectivity index is 2.01. The van der Waals surface area contributed by atoms with E-state index < -0.39 is 0 Å². The minimum absolute atomic E-state index is 0.0489. The molecule has 1 aliphatic rings. The van der Waals surface area contributed by atoms with Crippen molar-refractivity contribution in [2.75, 3.05) is 12.8 Å². The number of carbonyl (C=O) groups excluding carboxylic acids is 1. The minimum atomic E-state index is -0.226. The topological polar surface area (TPSA) is 49.3 Å². The summed E-state index contributed by atoms with van der Waals surface area (Å²) < 4.78 is 0.193. The van der Waals surface area contributed by atoms with Gasteiger partial charge in [-0.2, -0.15) is 11.8 Å². The first-order valence-corrected chi connectivity index (χ1v) is 7.48. The third-order valence-electron chi connectivity index (χ3n) is 3.46. The number of rotatable bonds is 4. The van der Waals surface area contributed by atoms with Gasteiger partial charge in [0.1, 0.15) is 5.75 Å². The molecule has 1 aromatic rings. The van der Waals surface area contributed by atoms with Crippen molar-refractivity contribution in [2.45, 2.75) is 24.0 Å². The van der Waals surface area contributed by atoms with Gasteiger partial charge in [0.2, 0.25) is 0 Å². The zero-order valence-corrected chi connectivity index (χ0v) is 11.8. The summed E-state index contributed by atoms with van der Waals surface area (Å²) in [6, 6.07) is 4.39. The summed E-state index contributed by atoms with van der Waals surface area (Å²) in [7, 11) is 0. The van der Waals surface area contributed by atoms with Gasteiger partial charge in [0, 0.05) is 11.3 Å². The van der Waals surface area contributed by atoms with E-state index in [1.165, 1.54) is 24.6 Å². The summed E-state index contributed by atoms with van der Waals surface area (Å²) in [5.41, 5.74) is 0.326. The molecular formula is C13H16ClNO2S. The van der Waals surface area contributed by atoms with Gasteiger partial charge in [-0.3, -0.25) is 4.79 Å². The lowest BCUT2D eigenvalue weighted by Gasteiger charge is -2.40. The highest BCUT2D eigenvalue weighted by Gasteiger charge is 2.36. The first-order valence-electron chi connectivity index (χ1n) is 5.88. The Morgan fingerprint density at radius 2 is 2.28 bits per heavy atom. The van der Waals surface area contributed by atoms with Gasteiger partial charge in [0.25, 0.3) is 5.91 Å². The summed E-state index contributed by atoms with van der Waals surface area (Å²) >= 11 is 7.75. The summed E-state index contributed by atoms with van der Waals surface area (Å²) in [5, 5.41) is 12.6. The maximum Gasteiger partial charge on any atom is 0.252 e. The number of aromatic hydroxyl groups is 1. The highest BCUT2D eigenvalue weighted by atomic mass is 35.5. The van der Waals surface area contributed by atoms with E-state index in [0.29, 0.717) is 17.1 Å². The molecule has 18 heavy (non-hydrogen) atoms. The van der Waals surface area contributed by atoms with Gasteiger partial charge < -0.3 is 10.4 Å². The molecule has 0 aliphatic heterocycles. The summed E-state index contributed by atoms with van der Waals surface area (Å²) in [6.07, 6.45) is 5.58. The molecule has 1 saturated carbocycles. The van der Waals surface area contributed by atoms with Crippen molar-refractivity contribution in [3.05, 3.63) is 28.8 Å². The molecule has 1 aromatic carbocycles. The van der Waals surface area contributed by atoms with Crippen molar-refractivity contribution >= 4 is 29.3 Å². The minimum Gasteiger partial charge on any atom is -0.508 e. The number of phenols is 1. The number of phenolic OH excluding ortho intramolecular Hbond substituents is 1. The second-order valence-electron chi connectivity index (χ2n) is 4.59. The molecule has 5 heteroatoms. The van der Waals surface area contributed by atoms with E-state index in [2.05, 4.69) is 11.6 Å². The van der Waals surface area contributed by atoms with Crippen molar-refractivity contribution in [3.8, 4) is 5.75 Å². The zero-order chi connectivity index (χ0) is 13.2. The van der Waals surface area contributed by atoms with Gasteiger partial charge in [-0.15, -0.1) is 0 Å². The van der Waals surface area contributed by atoms with Crippen LogP contribution < -0.4 is 5.32 Å². The maximum atomic E-state index is 12.0. The fraction of sp³-hybridized carbons (Fsp3) is 0.462. The van der Waals surface area contributed by atoms with Crippen LogP contribution in [0.2, 0.25) is 5.02 Å². The molecule has 1 amide bonds. The third-order valence-corrected chi connectivity index (χ3v) is 5.21. The van der Waals surface area contributed by atoms with E-state index in [9.17, 15) is 9.90 Å². The van der Waals surface area contributed by atoms with Crippen LogP contribution in [0.25, 0.3) is 0 Å². The fourth-order valence-electron chi connectivity index (χ4n) is 2.05. The molecule has 0 unspecified atom stereocenters. The van der Waals surface area contributed by atoms with Crippen LogP contribution in [-0.2, 0) is 0 Å². The van der Waals surface area contributed by atoms with Crippen molar-refractivity contribution in [1.29, 1.82) is 0 Å². The predicted molar refractivity (Wildman–Crippen MR) is 75.5 cm³/mol. The average Bonchev–Trinajstić information content (AvgIpc) is 2.31. The molecule has 1 fully saturated rings. The average molecular weight is 286 g/mol. The standard InChI is InChI=1S/C13H16ClNO2S/c1-18-13(5-2-6-13)8-15-12(17)10-7-9(16)3-4-11(10)14/h3-4,7,16H,2,5-6,8H2,1H3,(H,15,17). The molecule has 0 spiro atoms. The SMILES string of the molecule is CSC1(CNC(=O)c2cc(O)ccc2Cl)CCC1. The molecule has 0 heterocycles. The molecule has 0 atom stereocenters. The van der Waals surface area contributed by atoms with Crippen molar-refractivity contribution in [3.63, 3.8) is 0 Å². The monoisotopic (exact) mass is 285 g/mol. The van der Waals surface area contributed by atoms with E-state index in [1.807, 2.05) is 0 Å². The van der Waals surface area contributed by atoms with Crippen LogP contribution in [0.4, 0.5) is 0 Å². The molecule has 0 saturated heterocycles. The molecule has 3 nitrogen and oxygen atoms in total. The fourth-order valence-corrected chi connectivity index (χ4v) is 3.16. The van der Waals surface area contributed by atoms with Crippen LogP contribution in [0, 0.1) is 0 Å². The summed E-state index contributed by atoms with van der Waals surface area (Å²) in [6.45, 7) is 0.652. The number of nitrogens with one attached hydrogen (secondary N) is 1. The van der Waals surface area contributed by atoms with Crippen molar-refractivity contribution < 1.29 is 9.90 Å². The van der Waals surface area contributed by atoms with Crippen molar-refractivity contribution in [2.24, 2.45) is 0 Å². The van der Waals surface area contributed by atoms with E-state index >= 15 is 0 Å². The zero-order valence-electron chi connectivity index (χ0n) is 10.2. The number of thioether (sulfide) groups is 1. The van der Waals surface area contributed by atoms with E-state index in [4.69, 9.17) is 11.6 Å². The molecule has 0 aromatic heterocycles. The molecule has 2 N–H and O–H groups in total. The van der Waals surface area contributed by atoms with Crippen LogP contribution in [0.15, 0.2) is 18.2 Å². The second-order valence-corrected chi connectivity index (χ2v) is 6.27. The number of benzene rings is 1. The second kappa shape index (κ2) is 5.41. The Hall–Kier alpha value is -0.870. The Bertz CT molecular complexity index is 455. The summed E-state index contributed by atoms with van der Waals surface area (Å²) in [5.74, 6) is -0.177. The van der Waals surface area contributed by atoms with Crippen LogP contribution in [0.1, 0.15) is 29.6 Å². The van der Waals surface area contributed by atoms with Gasteiger partial charge in [-0.05, 0) is 37.3 Å². The molecule has 98 valence electrons. The van der Waals surface area contributed by atoms with Crippen LogP contribution in [-0.4, -0.2) is 28.6 Å². The maximum absolute atomic E-state index is 12.0. The quantitative estimate of drug-likeness (QED) is 0.894. The Morgan fingerprint density at radius 3 is 2.83 bits per heavy atom. The third kappa shape index (κ3) is 2.75. The lowest BCUT2D eigenvalue weighted by molar-refractivity contribution is 0.0943. The smallest absolute Gasteiger partial charge is 0.252 e. The first kappa shape index (κ1) is 13.6. The molecule has 1 aliphatic carbocycles. The van der Waals surface area contributed by atoms with Gasteiger partial charge in [-0.1, -0.05) is 18.0 Å². The Labute approximate surface area is 116 Å². The highest BCUT2D eigenvalue weighted by molar-refractivity contribution is 8.00. The largest absolute Gasteiger partial charge is 0.508 e. The number of amides is 1. The first-order chi connectivity index (χ1) is 8.56. The lowest BCUT2D eigenvalue weighted by Crippen LogP contribution is -2.45. The molecule has 2 rings (SSSR count). The van der Waals surface area contributed by atoms with Gasteiger partial charge in [-0.25, -0.2) is 0 Å². The Kier molecular flexibility index (Phi) is 4.07. The van der Waals surface area contributed by atoms with Gasteiger partial charge in [0.15, 0.2) is 0 Å². The predicted octanol–water partition coefficient (Wildman–Crippen LogP) is 3.06. The van der Waals surface area contributed by atoms with Gasteiger partial charge >= 0.3 is 0 Å². The number of hydrogen-bond acceptors (Lipinski definition) is 3. The van der Waals surface area contributed by atoms with Crippen LogP contribution in [0.3, 0.4) is 0 Å². The number of hydrogen-bond donors (Lipinski definition) is 2. The van der Waals surface area contributed by atoms with Crippen LogP contribution in [0.5, 0.6) is 5.75 Å². The van der Waals surface area contributed by atoms with Crippen molar-refractivity contribution in [1.82, 2.24) is 5.32 Å². The molecular weight excluding hydrogens is 270 g/mol. The normalized spacial score (nSPS) is 17.0. The molecule has 0 bridgehead atoms. The highest BCUT2D eigenvalue weighted by Crippen LogP contribution is 2.42. The van der Waals surface area contributed by atoms with E-state index in [0.717, 1.165) is 12.8 Å². The lowest BCUT2D eigenvalue weighted by atomic mass is 9.84. The number of halogens is 1. The number of carbonyl (C=O) groups is 1. The van der Waals surface area contributed by atoms with E-state index in [1.54, 1.807) is 11.8 Å². The van der Waals surface area contributed by atoms with Crippen LogP contribution >= 0.6 is 23.4 Å². The van der Waals surface area contributed by atoms with E-state index in [-0.39, 0.29) is 16.4 Å². The Morgan fingerprint density at radius 1 is 1.56 bits per heavy atom. The molecule has 0 radical (unpaired) electrons.